The monoisotopic (exact) mass is 345 g/mol. The van der Waals surface area contributed by atoms with Gasteiger partial charge in [-0.2, -0.15) is 0 Å². The molecule has 1 aliphatic heterocycles. The normalized spacial score (nSPS) is 28.5. The number of carbonyl (C=O) groups is 1. The van der Waals surface area contributed by atoms with Gasteiger partial charge in [-0.1, -0.05) is 32.4 Å². The molecule has 1 amide bonds. The standard InChI is InChI=1S/C19H24ClN3O/c1-12-16(22-9-13(20)5-6-15(22)21-12)17(24)23-11-19(4)8-14(23)7-18(2,3)10-19/h5-6,9,14H,7-8,10-11H2,1-4H3. The summed E-state index contributed by atoms with van der Waals surface area (Å²) in [4.78, 5) is 20.0. The van der Waals surface area contributed by atoms with Gasteiger partial charge in [0, 0.05) is 18.8 Å². The lowest BCUT2D eigenvalue weighted by Crippen LogP contribution is -2.38. The van der Waals surface area contributed by atoms with Gasteiger partial charge in [-0.15, -0.1) is 0 Å². The third-order valence-electron chi connectivity index (χ3n) is 5.63. The highest BCUT2D eigenvalue weighted by Gasteiger charge is 2.51. The van der Waals surface area contributed by atoms with E-state index in [0.717, 1.165) is 30.7 Å². The second-order valence-electron chi connectivity index (χ2n) is 8.77. The summed E-state index contributed by atoms with van der Waals surface area (Å²) < 4.78 is 1.84. The first-order valence-corrected chi connectivity index (χ1v) is 9.01. The summed E-state index contributed by atoms with van der Waals surface area (Å²) in [6, 6.07) is 4.00. The summed E-state index contributed by atoms with van der Waals surface area (Å²) in [5.41, 5.74) is 2.72. The quantitative estimate of drug-likeness (QED) is 0.771. The van der Waals surface area contributed by atoms with Gasteiger partial charge >= 0.3 is 0 Å². The fraction of sp³-hybridized carbons (Fsp3) is 0.579. The lowest BCUT2D eigenvalue weighted by atomic mass is 9.65. The van der Waals surface area contributed by atoms with Crippen LogP contribution >= 0.6 is 11.6 Å². The molecule has 24 heavy (non-hydrogen) atoms. The maximum atomic E-state index is 13.4. The Morgan fingerprint density at radius 1 is 1.29 bits per heavy atom. The lowest BCUT2D eigenvalue weighted by molar-refractivity contribution is 0.0700. The van der Waals surface area contributed by atoms with Gasteiger partial charge in [-0.05, 0) is 49.1 Å². The molecule has 128 valence electrons. The fourth-order valence-electron chi connectivity index (χ4n) is 5.23. The summed E-state index contributed by atoms with van der Waals surface area (Å²) in [7, 11) is 0. The zero-order valence-electron chi connectivity index (χ0n) is 14.8. The molecule has 3 heterocycles. The van der Waals surface area contributed by atoms with Crippen LogP contribution in [0.2, 0.25) is 5.02 Å². The van der Waals surface area contributed by atoms with Crippen LogP contribution in [0.1, 0.15) is 56.2 Å². The number of rotatable bonds is 1. The van der Waals surface area contributed by atoms with Gasteiger partial charge in [-0.3, -0.25) is 9.20 Å². The van der Waals surface area contributed by atoms with Crippen molar-refractivity contribution in [3.05, 3.63) is 34.7 Å². The Morgan fingerprint density at radius 3 is 2.79 bits per heavy atom. The minimum atomic E-state index is 0.0914. The molecular formula is C19H24ClN3O. The third kappa shape index (κ3) is 2.43. The zero-order chi connectivity index (χ0) is 17.3. The van der Waals surface area contributed by atoms with Crippen LogP contribution in [0.5, 0.6) is 0 Å². The molecule has 0 radical (unpaired) electrons. The highest BCUT2D eigenvalue weighted by atomic mass is 35.5. The molecule has 4 nitrogen and oxygen atoms in total. The Balaban J connectivity index is 1.75. The molecule has 5 heteroatoms. The third-order valence-corrected chi connectivity index (χ3v) is 5.86. The Bertz CT molecular complexity index is 840. The van der Waals surface area contributed by atoms with Crippen molar-refractivity contribution in [1.82, 2.24) is 14.3 Å². The van der Waals surface area contributed by atoms with Crippen molar-refractivity contribution in [3.63, 3.8) is 0 Å². The highest BCUT2D eigenvalue weighted by molar-refractivity contribution is 6.30. The number of likely N-dealkylation sites (tertiary alicyclic amines) is 1. The number of pyridine rings is 1. The molecule has 2 atom stereocenters. The number of hydrogen-bond donors (Lipinski definition) is 0. The second-order valence-corrected chi connectivity index (χ2v) is 9.20. The summed E-state index contributed by atoms with van der Waals surface area (Å²) in [6.45, 7) is 9.72. The molecule has 1 saturated carbocycles. The van der Waals surface area contributed by atoms with E-state index in [1.807, 2.05) is 23.5 Å². The van der Waals surface area contributed by atoms with Gasteiger partial charge in [0.1, 0.15) is 11.3 Å². The topological polar surface area (TPSA) is 37.6 Å². The van der Waals surface area contributed by atoms with Gasteiger partial charge < -0.3 is 4.90 Å². The molecule has 4 rings (SSSR count). The smallest absolute Gasteiger partial charge is 0.273 e. The van der Waals surface area contributed by atoms with E-state index < -0.39 is 0 Å². The SMILES string of the molecule is Cc1nc2ccc(Cl)cn2c1C(=O)N1CC2(C)CC1CC(C)(C)C2. The molecule has 2 aliphatic rings. The molecule has 0 aromatic carbocycles. The van der Waals surface area contributed by atoms with Gasteiger partial charge in [0.25, 0.3) is 5.91 Å². The van der Waals surface area contributed by atoms with Crippen LogP contribution in [0.15, 0.2) is 18.3 Å². The second kappa shape index (κ2) is 4.98. The first-order valence-electron chi connectivity index (χ1n) is 8.63. The largest absolute Gasteiger partial charge is 0.334 e. The summed E-state index contributed by atoms with van der Waals surface area (Å²) in [6.07, 6.45) is 5.15. The highest BCUT2D eigenvalue weighted by Crippen LogP contribution is 2.52. The number of aromatic nitrogens is 2. The first kappa shape index (κ1) is 15.9. The molecule has 0 spiro atoms. The number of hydrogen-bond acceptors (Lipinski definition) is 2. The number of halogens is 1. The van der Waals surface area contributed by atoms with Gasteiger partial charge in [0.05, 0.1) is 10.7 Å². The molecular weight excluding hydrogens is 322 g/mol. The van der Waals surface area contributed by atoms with Crippen molar-refractivity contribution in [3.8, 4) is 0 Å². The predicted molar refractivity (Wildman–Crippen MR) is 95.5 cm³/mol. The van der Waals surface area contributed by atoms with E-state index in [2.05, 4.69) is 30.7 Å². The van der Waals surface area contributed by atoms with E-state index in [1.165, 1.54) is 6.42 Å². The van der Waals surface area contributed by atoms with Crippen molar-refractivity contribution >= 4 is 23.2 Å². The van der Waals surface area contributed by atoms with E-state index in [4.69, 9.17) is 11.6 Å². The Hall–Kier alpha value is -1.55. The molecule has 2 bridgehead atoms. The Morgan fingerprint density at radius 2 is 2.04 bits per heavy atom. The molecule has 1 aliphatic carbocycles. The van der Waals surface area contributed by atoms with Crippen LogP contribution < -0.4 is 0 Å². The first-order chi connectivity index (χ1) is 11.2. The molecule has 2 fully saturated rings. The Labute approximate surface area is 147 Å². The van der Waals surface area contributed by atoms with Crippen molar-refractivity contribution in [2.75, 3.05) is 6.54 Å². The zero-order valence-corrected chi connectivity index (χ0v) is 15.5. The lowest BCUT2D eigenvalue weighted by Gasteiger charge is -2.39. The van der Waals surface area contributed by atoms with Gasteiger partial charge in [-0.25, -0.2) is 4.98 Å². The minimum absolute atomic E-state index is 0.0914. The van der Waals surface area contributed by atoms with E-state index >= 15 is 0 Å². The minimum Gasteiger partial charge on any atom is -0.334 e. The number of amides is 1. The van der Waals surface area contributed by atoms with Crippen LogP contribution in [0, 0.1) is 17.8 Å². The van der Waals surface area contributed by atoms with E-state index in [1.54, 1.807) is 6.20 Å². The summed E-state index contributed by atoms with van der Waals surface area (Å²) >= 11 is 6.14. The number of imidazole rings is 1. The average Bonchev–Trinajstić information content (AvgIpc) is 2.89. The number of aryl methyl sites for hydroxylation is 1. The van der Waals surface area contributed by atoms with E-state index in [9.17, 15) is 4.79 Å². The van der Waals surface area contributed by atoms with Crippen LogP contribution in [0.25, 0.3) is 5.65 Å². The maximum Gasteiger partial charge on any atom is 0.273 e. The van der Waals surface area contributed by atoms with Gasteiger partial charge in [0.15, 0.2) is 0 Å². The molecule has 2 unspecified atom stereocenters. The maximum absolute atomic E-state index is 13.4. The predicted octanol–water partition coefficient (Wildman–Crippen LogP) is 4.34. The van der Waals surface area contributed by atoms with Gasteiger partial charge in [0.2, 0.25) is 0 Å². The summed E-state index contributed by atoms with van der Waals surface area (Å²) in [5.74, 6) is 0.0914. The van der Waals surface area contributed by atoms with E-state index in [0.29, 0.717) is 22.2 Å². The van der Waals surface area contributed by atoms with Crippen molar-refractivity contribution in [1.29, 1.82) is 0 Å². The van der Waals surface area contributed by atoms with Crippen LogP contribution in [0.3, 0.4) is 0 Å². The fourth-order valence-corrected chi connectivity index (χ4v) is 5.39. The van der Waals surface area contributed by atoms with Crippen LogP contribution in [-0.2, 0) is 0 Å². The number of nitrogens with zero attached hydrogens (tertiary/aromatic N) is 3. The summed E-state index contributed by atoms with van der Waals surface area (Å²) in [5, 5.41) is 0.613. The van der Waals surface area contributed by atoms with Crippen molar-refractivity contribution < 1.29 is 4.79 Å². The molecule has 2 aromatic heterocycles. The molecule has 1 saturated heterocycles. The van der Waals surface area contributed by atoms with Crippen LogP contribution in [0.4, 0.5) is 0 Å². The average molecular weight is 346 g/mol. The van der Waals surface area contributed by atoms with Crippen molar-refractivity contribution in [2.24, 2.45) is 10.8 Å². The number of carbonyl (C=O) groups excluding carboxylic acids is 1. The number of fused-ring (bicyclic) bond motifs is 3. The molecule has 2 aromatic rings. The van der Waals surface area contributed by atoms with Crippen LogP contribution in [-0.4, -0.2) is 32.8 Å². The Kier molecular flexibility index (Phi) is 3.31. The van der Waals surface area contributed by atoms with Crippen molar-refractivity contribution in [2.45, 2.75) is 53.0 Å². The molecule has 0 N–H and O–H groups in total. The van der Waals surface area contributed by atoms with E-state index in [-0.39, 0.29) is 11.3 Å².